The number of ether oxygens (including phenoxy) is 1. The predicted octanol–water partition coefficient (Wildman–Crippen LogP) is 1.18. The third kappa shape index (κ3) is 6.30. The molecule has 0 saturated carbocycles. The molecule has 1 aromatic rings. The lowest BCUT2D eigenvalue weighted by molar-refractivity contribution is -0.137. The zero-order chi connectivity index (χ0) is 14.1. The van der Waals surface area contributed by atoms with E-state index >= 15 is 0 Å². The standard InChI is InChI=1S/C13H18N2O4/c1-15(9-7-12(16)17)13(18)14-8-10-19-11-5-3-2-4-6-11/h2-6H,7-10H2,1H3,(H,14,18)(H,16,17). The number of carboxylic acids is 1. The fourth-order valence-corrected chi connectivity index (χ4v) is 1.34. The van der Waals surface area contributed by atoms with Crippen molar-refractivity contribution in [2.75, 3.05) is 26.7 Å². The van der Waals surface area contributed by atoms with Crippen molar-refractivity contribution in [2.45, 2.75) is 6.42 Å². The first kappa shape index (κ1) is 14.8. The van der Waals surface area contributed by atoms with E-state index in [1.165, 1.54) is 4.90 Å². The lowest BCUT2D eigenvalue weighted by atomic mass is 10.3. The highest BCUT2D eigenvalue weighted by Gasteiger charge is 2.08. The Morgan fingerprint density at radius 2 is 2.00 bits per heavy atom. The highest BCUT2D eigenvalue weighted by molar-refractivity contribution is 5.74. The van der Waals surface area contributed by atoms with Crippen molar-refractivity contribution in [1.29, 1.82) is 0 Å². The topological polar surface area (TPSA) is 78.9 Å². The molecular weight excluding hydrogens is 248 g/mol. The molecule has 0 fully saturated rings. The Hall–Kier alpha value is -2.24. The summed E-state index contributed by atoms with van der Waals surface area (Å²) in [5, 5.41) is 11.2. The van der Waals surface area contributed by atoms with Crippen molar-refractivity contribution in [3.8, 4) is 5.75 Å². The van der Waals surface area contributed by atoms with E-state index in [0.29, 0.717) is 13.2 Å². The molecule has 0 saturated heterocycles. The van der Waals surface area contributed by atoms with Crippen LogP contribution in [0.1, 0.15) is 6.42 Å². The minimum atomic E-state index is -0.924. The molecule has 0 spiro atoms. The monoisotopic (exact) mass is 266 g/mol. The molecule has 104 valence electrons. The van der Waals surface area contributed by atoms with Gasteiger partial charge < -0.3 is 20.1 Å². The lowest BCUT2D eigenvalue weighted by Gasteiger charge is -2.16. The summed E-state index contributed by atoms with van der Waals surface area (Å²) in [5.41, 5.74) is 0. The Balaban J connectivity index is 2.15. The molecule has 1 aromatic carbocycles. The fraction of sp³-hybridized carbons (Fsp3) is 0.385. The van der Waals surface area contributed by atoms with Gasteiger partial charge in [0.2, 0.25) is 0 Å². The zero-order valence-electron chi connectivity index (χ0n) is 10.8. The molecular formula is C13H18N2O4. The summed E-state index contributed by atoms with van der Waals surface area (Å²) < 4.78 is 5.41. The van der Waals surface area contributed by atoms with Gasteiger partial charge in [0.1, 0.15) is 12.4 Å². The molecule has 2 amide bonds. The van der Waals surface area contributed by atoms with Crippen LogP contribution in [0, 0.1) is 0 Å². The fourth-order valence-electron chi connectivity index (χ4n) is 1.34. The number of nitrogens with zero attached hydrogens (tertiary/aromatic N) is 1. The SMILES string of the molecule is CN(CCC(=O)O)C(=O)NCCOc1ccccc1. The van der Waals surface area contributed by atoms with Gasteiger partial charge in [0.05, 0.1) is 13.0 Å². The van der Waals surface area contributed by atoms with Crippen molar-refractivity contribution < 1.29 is 19.4 Å². The molecule has 0 aliphatic carbocycles. The van der Waals surface area contributed by atoms with Gasteiger partial charge in [-0.25, -0.2) is 4.79 Å². The zero-order valence-corrected chi connectivity index (χ0v) is 10.8. The first-order valence-corrected chi connectivity index (χ1v) is 5.98. The third-order valence-corrected chi connectivity index (χ3v) is 2.40. The van der Waals surface area contributed by atoms with Crippen LogP contribution in [-0.2, 0) is 4.79 Å². The molecule has 0 radical (unpaired) electrons. The van der Waals surface area contributed by atoms with Gasteiger partial charge >= 0.3 is 12.0 Å². The van der Waals surface area contributed by atoms with Crippen LogP contribution < -0.4 is 10.1 Å². The van der Waals surface area contributed by atoms with Gasteiger partial charge in [0, 0.05) is 13.6 Å². The summed E-state index contributed by atoms with van der Waals surface area (Å²) in [4.78, 5) is 23.2. The van der Waals surface area contributed by atoms with Crippen molar-refractivity contribution in [1.82, 2.24) is 10.2 Å². The van der Waals surface area contributed by atoms with Crippen LogP contribution >= 0.6 is 0 Å². The Kier molecular flexibility index (Phi) is 6.21. The van der Waals surface area contributed by atoms with Gasteiger partial charge in [-0.2, -0.15) is 0 Å². The van der Waals surface area contributed by atoms with Gasteiger partial charge in [-0.1, -0.05) is 18.2 Å². The lowest BCUT2D eigenvalue weighted by Crippen LogP contribution is -2.40. The van der Waals surface area contributed by atoms with Crippen molar-refractivity contribution in [3.05, 3.63) is 30.3 Å². The first-order valence-electron chi connectivity index (χ1n) is 5.98. The number of amides is 2. The van der Waals surface area contributed by atoms with Crippen molar-refractivity contribution in [2.24, 2.45) is 0 Å². The molecule has 19 heavy (non-hydrogen) atoms. The molecule has 0 atom stereocenters. The second-order valence-electron chi connectivity index (χ2n) is 3.96. The molecule has 0 unspecified atom stereocenters. The van der Waals surface area contributed by atoms with E-state index in [9.17, 15) is 9.59 Å². The third-order valence-electron chi connectivity index (χ3n) is 2.40. The van der Waals surface area contributed by atoms with Crippen LogP contribution in [0.2, 0.25) is 0 Å². The average molecular weight is 266 g/mol. The van der Waals surface area contributed by atoms with Crippen LogP contribution in [0.5, 0.6) is 5.75 Å². The maximum absolute atomic E-state index is 11.5. The molecule has 0 heterocycles. The summed E-state index contributed by atoms with van der Waals surface area (Å²) in [6.07, 6.45) is -0.0650. The minimum absolute atomic E-state index is 0.0650. The molecule has 2 N–H and O–H groups in total. The quantitative estimate of drug-likeness (QED) is 0.726. The number of para-hydroxylation sites is 1. The van der Waals surface area contributed by atoms with E-state index < -0.39 is 5.97 Å². The van der Waals surface area contributed by atoms with Gasteiger partial charge in [0.15, 0.2) is 0 Å². The first-order chi connectivity index (χ1) is 9.09. The maximum atomic E-state index is 11.5. The van der Waals surface area contributed by atoms with Gasteiger partial charge in [-0.3, -0.25) is 4.79 Å². The van der Waals surface area contributed by atoms with E-state index in [1.54, 1.807) is 7.05 Å². The molecule has 0 aliphatic heterocycles. The summed E-state index contributed by atoms with van der Waals surface area (Å²) in [7, 11) is 1.55. The van der Waals surface area contributed by atoms with Gasteiger partial charge in [-0.15, -0.1) is 0 Å². The molecule has 0 aliphatic rings. The van der Waals surface area contributed by atoms with Crippen LogP contribution in [-0.4, -0.2) is 48.8 Å². The molecule has 6 heteroatoms. The largest absolute Gasteiger partial charge is 0.492 e. The van der Waals surface area contributed by atoms with E-state index in [-0.39, 0.29) is 19.0 Å². The van der Waals surface area contributed by atoms with E-state index in [2.05, 4.69) is 5.32 Å². The number of hydrogen-bond acceptors (Lipinski definition) is 3. The number of carbonyl (C=O) groups is 2. The molecule has 6 nitrogen and oxygen atoms in total. The van der Waals surface area contributed by atoms with Crippen molar-refractivity contribution in [3.63, 3.8) is 0 Å². The Bertz CT molecular complexity index is 408. The summed E-state index contributed by atoms with van der Waals surface area (Å²) in [5.74, 6) is -0.178. The predicted molar refractivity (Wildman–Crippen MR) is 70.2 cm³/mol. The number of hydrogen-bond donors (Lipinski definition) is 2. The normalized spacial score (nSPS) is 9.74. The molecule has 0 aromatic heterocycles. The van der Waals surface area contributed by atoms with E-state index in [1.807, 2.05) is 30.3 Å². The average Bonchev–Trinajstić information content (AvgIpc) is 2.41. The van der Waals surface area contributed by atoms with Crippen LogP contribution in [0.25, 0.3) is 0 Å². The second kappa shape index (κ2) is 7.97. The number of nitrogens with one attached hydrogen (secondary N) is 1. The van der Waals surface area contributed by atoms with Gasteiger partial charge in [-0.05, 0) is 12.1 Å². The number of benzene rings is 1. The van der Waals surface area contributed by atoms with Crippen LogP contribution in [0.3, 0.4) is 0 Å². The summed E-state index contributed by atoms with van der Waals surface area (Å²) in [6, 6.07) is 8.99. The van der Waals surface area contributed by atoms with Crippen LogP contribution in [0.15, 0.2) is 30.3 Å². The Morgan fingerprint density at radius 1 is 1.32 bits per heavy atom. The number of aliphatic carboxylic acids is 1. The second-order valence-corrected chi connectivity index (χ2v) is 3.96. The summed E-state index contributed by atoms with van der Waals surface area (Å²) in [6.45, 7) is 0.911. The van der Waals surface area contributed by atoms with E-state index in [4.69, 9.17) is 9.84 Å². The highest BCUT2D eigenvalue weighted by atomic mass is 16.5. The van der Waals surface area contributed by atoms with E-state index in [0.717, 1.165) is 5.75 Å². The number of carboxylic acid groups (broad SMARTS) is 1. The number of urea groups is 1. The number of rotatable bonds is 7. The van der Waals surface area contributed by atoms with Crippen LogP contribution in [0.4, 0.5) is 4.79 Å². The molecule has 1 rings (SSSR count). The molecule has 0 bridgehead atoms. The Morgan fingerprint density at radius 3 is 2.63 bits per heavy atom. The highest BCUT2D eigenvalue weighted by Crippen LogP contribution is 2.07. The number of carbonyl (C=O) groups excluding carboxylic acids is 1. The summed E-state index contributed by atoms with van der Waals surface area (Å²) >= 11 is 0. The van der Waals surface area contributed by atoms with Gasteiger partial charge in [0.25, 0.3) is 0 Å². The van der Waals surface area contributed by atoms with Crippen molar-refractivity contribution >= 4 is 12.0 Å². The Labute approximate surface area is 112 Å². The smallest absolute Gasteiger partial charge is 0.317 e. The minimum Gasteiger partial charge on any atom is -0.492 e. The maximum Gasteiger partial charge on any atom is 0.317 e.